The van der Waals surface area contributed by atoms with Gasteiger partial charge in [-0.05, 0) is 24.5 Å². The third kappa shape index (κ3) is 2.16. The summed E-state index contributed by atoms with van der Waals surface area (Å²) in [5, 5.41) is 10.3. The summed E-state index contributed by atoms with van der Waals surface area (Å²) < 4.78 is 10.6. The van der Waals surface area contributed by atoms with Gasteiger partial charge in [-0.1, -0.05) is 13.8 Å². The van der Waals surface area contributed by atoms with E-state index >= 15 is 0 Å². The van der Waals surface area contributed by atoms with Crippen LogP contribution in [-0.4, -0.2) is 19.2 Å². The smallest absolute Gasteiger partial charge is 0.162 e. The van der Waals surface area contributed by atoms with Gasteiger partial charge in [0.2, 0.25) is 0 Å². The Labute approximate surface area is 119 Å². The Morgan fingerprint density at radius 2 is 1.75 bits per heavy atom. The van der Waals surface area contributed by atoms with Gasteiger partial charge in [0.1, 0.15) is 6.07 Å². The zero-order chi connectivity index (χ0) is 14.9. The summed E-state index contributed by atoms with van der Waals surface area (Å²) in [5.74, 6) is 1.48. The van der Waals surface area contributed by atoms with Crippen molar-refractivity contribution in [1.29, 1.82) is 5.26 Å². The highest BCUT2D eigenvalue weighted by atomic mass is 16.5. The van der Waals surface area contributed by atoms with E-state index in [0.717, 1.165) is 22.2 Å². The molecule has 0 atom stereocenters. The van der Waals surface area contributed by atoms with Gasteiger partial charge in [-0.25, -0.2) is 0 Å². The second-order valence-corrected chi connectivity index (χ2v) is 4.99. The summed E-state index contributed by atoms with van der Waals surface area (Å²) in [4.78, 5) is 4.63. The van der Waals surface area contributed by atoms with Crippen molar-refractivity contribution in [2.24, 2.45) is 0 Å². The molecule has 2 aromatic rings. The maximum absolute atomic E-state index is 9.39. The molecule has 0 spiro atoms. The topological polar surface area (TPSA) is 55.1 Å². The van der Waals surface area contributed by atoms with Gasteiger partial charge in [0, 0.05) is 11.5 Å². The number of aryl methyl sites for hydroxylation is 1. The first-order chi connectivity index (χ1) is 9.53. The average Bonchev–Trinajstić information content (AvgIpc) is 2.45. The van der Waals surface area contributed by atoms with Crippen molar-refractivity contribution in [1.82, 2.24) is 4.98 Å². The minimum Gasteiger partial charge on any atom is -0.493 e. The summed E-state index contributed by atoms with van der Waals surface area (Å²) in [6, 6.07) is 6.00. The molecule has 0 unspecified atom stereocenters. The van der Waals surface area contributed by atoms with Gasteiger partial charge in [-0.15, -0.1) is 0 Å². The van der Waals surface area contributed by atoms with Gasteiger partial charge in [-0.3, -0.25) is 4.98 Å². The SMILES string of the molecule is COc1cc2nc(C(C)C)c(C#N)c(C)c2cc1OC. The predicted octanol–water partition coefficient (Wildman–Crippen LogP) is 3.56. The number of hydrogen-bond donors (Lipinski definition) is 0. The molecule has 0 fully saturated rings. The van der Waals surface area contributed by atoms with E-state index in [9.17, 15) is 5.26 Å². The molecule has 0 saturated carbocycles. The molecular formula is C16H18N2O2. The highest BCUT2D eigenvalue weighted by molar-refractivity contribution is 5.87. The highest BCUT2D eigenvalue weighted by Crippen LogP contribution is 2.35. The molecule has 1 aromatic heterocycles. The zero-order valence-electron chi connectivity index (χ0n) is 12.4. The van der Waals surface area contributed by atoms with Crippen LogP contribution in [0.5, 0.6) is 11.5 Å². The lowest BCUT2D eigenvalue weighted by Crippen LogP contribution is -2.02. The predicted molar refractivity (Wildman–Crippen MR) is 78.4 cm³/mol. The number of hydrogen-bond acceptors (Lipinski definition) is 4. The molecule has 1 aromatic carbocycles. The summed E-state index contributed by atoms with van der Waals surface area (Å²) >= 11 is 0. The summed E-state index contributed by atoms with van der Waals surface area (Å²) in [6.45, 7) is 6.02. The van der Waals surface area contributed by atoms with Crippen LogP contribution >= 0.6 is 0 Å². The standard InChI is InChI=1S/C16H18N2O2/c1-9(2)16-12(8-17)10(3)11-6-14(19-4)15(20-5)7-13(11)18-16/h6-7,9H,1-5H3. The third-order valence-corrected chi connectivity index (χ3v) is 3.44. The fourth-order valence-corrected chi connectivity index (χ4v) is 2.33. The van der Waals surface area contributed by atoms with Crippen LogP contribution < -0.4 is 9.47 Å². The van der Waals surface area contributed by atoms with Crippen molar-refractivity contribution in [3.63, 3.8) is 0 Å². The number of methoxy groups -OCH3 is 2. The molecule has 2 rings (SSSR count). The third-order valence-electron chi connectivity index (χ3n) is 3.44. The van der Waals surface area contributed by atoms with Crippen LogP contribution in [0.15, 0.2) is 12.1 Å². The first-order valence-corrected chi connectivity index (χ1v) is 6.49. The van der Waals surface area contributed by atoms with Crippen molar-refractivity contribution in [3.8, 4) is 17.6 Å². The van der Waals surface area contributed by atoms with Gasteiger partial charge in [0.05, 0.1) is 31.0 Å². The second-order valence-electron chi connectivity index (χ2n) is 4.99. The number of nitrogens with zero attached hydrogens (tertiary/aromatic N) is 2. The van der Waals surface area contributed by atoms with E-state index in [0.29, 0.717) is 17.1 Å². The number of ether oxygens (including phenoxy) is 2. The molecule has 0 amide bonds. The van der Waals surface area contributed by atoms with Gasteiger partial charge in [-0.2, -0.15) is 5.26 Å². The van der Waals surface area contributed by atoms with Crippen LogP contribution in [0.1, 0.15) is 36.6 Å². The number of fused-ring (bicyclic) bond motifs is 1. The fourth-order valence-electron chi connectivity index (χ4n) is 2.33. The largest absolute Gasteiger partial charge is 0.493 e. The van der Waals surface area contributed by atoms with E-state index in [1.165, 1.54) is 0 Å². The van der Waals surface area contributed by atoms with Gasteiger partial charge in [0.25, 0.3) is 0 Å². The van der Waals surface area contributed by atoms with Crippen molar-refractivity contribution in [2.45, 2.75) is 26.7 Å². The molecule has 4 nitrogen and oxygen atoms in total. The number of pyridine rings is 1. The highest BCUT2D eigenvalue weighted by Gasteiger charge is 2.16. The molecule has 1 heterocycles. The van der Waals surface area contributed by atoms with Gasteiger partial charge in [0.15, 0.2) is 11.5 Å². The van der Waals surface area contributed by atoms with Crippen LogP contribution in [0.4, 0.5) is 0 Å². The second kappa shape index (κ2) is 5.38. The van der Waals surface area contributed by atoms with E-state index in [1.54, 1.807) is 14.2 Å². The first kappa shape index (κ1) is 14.1. The molecule has 0 aliphatic heterocycles. The summed E-state index contributed by atoms with van der Waals surface area (Å²) in [7, 11) is 3.20. The zero-order valence-corrected chi connectivity index (χ0v) is 12.4. The van der Waals surface area contributed by atoms with E-state index in [1.807, 2.05) is 32.9 Å². The lowest BCUT2D eigenvalue weighted by Gasteiger charge is -2.15. The quantitative estimate of drug-likeness (QED) is 0.855. The first-order valence-electron chi connectivity index (χ1n) is 6.49. The van der Waals surface area contributed by atoms with Crippen LogP contribution in [0.25, 0.3) is 10.9 Å². The van der Waals surface area contributed by atoms with Crippen molar-refractivity contribution in [3.05, 3.63) is 29.0 Å². The van der Waals surface area contributed by atoms with Gasteiger partial charge < -0.3 is 9.47 Å². The minimum absolute atomic E-state index is 0.195. The average molecular weight is 270 g/mol. The summed E-state index contributed by atoms with van der Waals surface area (Å²) in [5.41, 5.74) is 3.23. The summed E-state index contributed by atoms with van der Waals surface area (Å²) in [6.07, 6.45) is 0. The molecule has 0 aliphatic rings. The van der Waals surface area contributed by atoms with Crippen molar-refractivity contribution >= 4 is 10.9 Å². The fraction of sp³-hybridized carbons (Fsp3) is 0.375. The Bertz CT molecular complexity index is 700. The van der Waals surface area contributed by atoms with E-state index < -0.39 is 0 Å². The number of rotatable bonds is 3. The van der Waals surface area contributed by atoms with Crippen molar-refractivity contribution < 1.29 is 9.47 Å². The van der Waals surface area contributed by atoms with Crippen LogP contribution in [0, 0.1) is 18.3 Å². The Balaban J connectivity index is 2.87. The maximum atomic E-state index is 9.39. The molecule has 104 valence electrons. The molecule has 0 aliphatic carbocycles. The van der Waals surface area contributed by atoms with Crippen LogP contribution in [0.3, 0.4) is 0 Å². The Morgan fingerprint density at radius 3 is 2.25 bits per heavy atom. The maximum Gasteiger partial charge on any atom is 0.162 e. The molecule has 4 heteroatoms. The van der Waals surface area contributed by atoms with E-state index in [-0.39, 0.29) is 5.92 Å². The monoisotopic (exact) mass is 270 g/mol. The van der Waals surface area contributed by atoms with Crippen LogP contribution in [0.2, 0.25) is 0 Å². The number of nitriles is 1. The minimum atomic E-state index is 0.195. The number of aromatic nitrogens is 1. The molecule has 0 bridgehead atoms. The molecule has 20 heavy (non-hydrogen) atoms. The lowest BCUT2D eigenvalue weighted by atomic mass is 9.97. The molecule has 0 N–H and O–H groups in total. The van der Waals surface area contributed by atoms with E-state index in [4.69, 9.17) is 9.47 Å². The van der Waals surface area contributed by atoms with Crippen LogP contribution in [-0.2, 0) is 0 Å². The Morgan fingerprint density at radius 1 is 1.15 bits per heavy atom. The van der Waals surface area contributed by atoms with E-state index in [2.05, 4.69) is 11.1 Å². The molecular weight excluding hydrogens is 252 g/mol. The molecule has 0 radical (unpaired) electrons. The lowest BCUT2D eigenvalue weighted by molar-refractivity contribution is 0.355. The van der Waals surface area contributed by atoms with Gasteiger partial charge >= 0.3 is 0 Å². The number of benzene rings is 1. The van der Waals surface area contributed by atoms with Crippen molar-refractivity contribution in [2.75, 3.05) is 14.2 Å². The Kier molecular flexibility index (Phi) is 3.80. The molecule has 0 saturated heterocycles. The Hall–Kier alpha value is -2.28. The normalized spacial score (nSPS) is 10.7.